The maximum atomic E-state index is 3.64. The van der Waals surface area contributed by atoms with Crippen molar-refractivity contribution in [3.8, 4) is 0 Å². The zero-order valence-corrected chi connectivity index (χ0v) is 13.2. The van der Waals surface area contributed by atoms with Crippen molar-refractivity contribution in [3.05, 3.63) is 0 Å². The van der Waals surface area contributed by atoms with Crippen molar-refractivity contribution in [2.24, 2.45) is 11.3 Å². The first kappa shape index (κ1) is 15.4. The summed E-state index contributed by atoms with van der Waals surface area (Å²) in [5.41, 5.74) is 0.708. The van der Waals surface area contributed by atoms with Crippen LogP contribution < -0.4 is 5.32 Å². The summed E-state index contributed by atoms with van der Waals surface area (Å²) >= 11 is 0. The molecule has 1 aliphatic carbocycles. The van der Waals surface area contributed by atoms with Gasteiger partial charge in [0.2, 0.25) is 0 Å². The molecule has 1 atom stereocenters. The number of nitrogens with one attached hydrogen (secondary N) is 1. The fourth-order valence-electron chi connectivity index (χ4n) is 4.59. The minimum atomic E-state index is 0.708. The largest absolute Gasteiger partial charge is 0.316 e. The minimum absolute atomic E-state index is 0.708. The molecular weight excluding hydrogens is 230 g/mol. The number of rotatable bonds is 1. The van der Waals surface area contributed by atoms with Gasteiger partial charge in [-0.3, -0.25) is 0 Å². The zero-order chi connectivity index (χ0) is 13.4. The Kier molecular flexibility index (Phi) is 6.70. The van der Waals surface area contributed by atoms with E-state index >= 15 is 0 Å². The Balaban J connectivity index is 1.95. The second kappa shape index (κ2) is 8.29. The maximum Gasteiger partial charge on any atom is -0.00153 e. The van der Waals surface area contributed by atoms with Gasteiger partial charge < -0.3 is 5.32 Å². The topological polar surface area (TPSA) is 12.0 Å². The zero-order valence-electron chi connectivity index (χ0n) is 13.2. The van der Waals surface area contributed by atoms with E-state index in [4.69, 9.17) is 0 Å². The van der Waals surface area contributed by atoms with E-state index in [-0.39, 0.29) is 0 Å². The molecule has 1 saturated carbocycles. The van der Waals surface area contributed by atoms with Gasteiger partial charge in [-0.1, -0.05) is 71.1 Å². The summed E-state index contributed by atoms with van der Waals surface area (Å²) in [4.78, 5) is 0. The second-order valence-corrected chi connectivity index (χ2v) is 7.10. The molecule has 0 bridgehead atoms. The van der Waals surface area contributed by atoms with Crippen molar-refractivity contribution < 1.29 is 0 Å². The molecule has 1 aliphatic heterocycles. The Labute approximate surface area is 120 Å². The fraction of sp³-hybridized carbons (Fsp3) is 1.00. The van der Waals surface area contributed by atoms with Gasteiger partial charge in [0.25, 0.3) is 0 Å². The quantitative estimate of drug-likeness (QED) is 0.678. The smallest absolute Gasteiger partial charge is 0.00153 e. The van der Waals surface area contributed by atoms with E-state index < -0.39 is 0 Å². The van der Waals surface area contributed by atoms with Crippen molar-refractivity contribution >= 4 is 0 Å². The summed E-state index contributed by atoms with van der Waals surface area (Å²) in [6, 6.07) is 0. The fourth-order valence-corrected chi connectivity index (χ4v) is 4.59. The van der Waals surface area contributed by atoms with Gasteiger partial charge in [0.1, 0.15) is 0 Å². The average Bonchev–Trinajstić information content (AvgIpc) is 2.43. The Morgan fingerprint density at radius 1 is 0.789 bits per heavy atom. The van der Waals surface area contributed by atoms with Crippen LogP contribution in [0.25, 0.3) is 0 Å². The summed E-state index contributed by atoms with van der Waals surface area (Å²) in [6.07, 6.45) is 19.3. The van der Waals surface area contributed by atoms with Crippen LogP contribution in [0, 0.1) is 11.3 Å². The van der Waals surface area contributed by atoms with Crippen molar-refractivity contribution in [2.75, 3.05) is 13.1 Å². The van der Waals surface area contributed by atoms with E-state index in [1.807, 2.05) is 0 Å². The van der Waals surface area contributed by atoms with Crippen molar-refractivity contribution in [3.63, 3.8) is 0 Å². The van der Waals surface area contributed by atoms with E-state index in [1.165, 1.54) is 96.6 Å². The summed E-state index contributed by atoms with van der Waals surface area (Å²) < 4.78 is 0. The SMILES string of the molecule is CCC1CNCCC12CCCCCCCCCCC2. The van der Waals surface area contributed by atoms with Crippen LogP contribution in [0.15, 0.2) is 0 Å². The molecule has 1 N–H and O–H groups in total. The van der Waals surface area contributed by atoms with Gasteiger partial charge in [0.05, 0.1) is 0 Å². The third-order valence-corrected chi connectivity index (χ3v) is 5.90. The van der Waals surface area contributed by atoms with Crippen LogP contribution in [-0.2, 0) is 0 Å². The first-order valence-electron chi connectivity index (χ1n) is 9.08. The molecule has 1 heteroatoms. The molecule has 2 rings (SSSR count). The van der Waals surface area contributed by atoms with E-state index in [9.17, 15) is 0 Å². The van der Waals surface area contributed by atoms with Crippen LogP contribution in [0.3, 0.4) is 0 Å². The Morgan fingerprint density at radius 3 is 1.84 bits per heavy atom. The standard InChI is InChI=1S/C18H35N/c1-2-17-16-19-15-14-18(17)12-10-8-6-4-3-5-7-9-11-13-18/h17,19H,2-16H2,1H3. The molecule has 112 valence electrons. The molecule has 0 amide bonds. The van der Waals surface area contributed by atoms with Gasteiger partial charge in [-0.2, -0.15) is 0 Å². The molecule has 1 heterocycles. The molecule has 2 fully saturated rings. The Hall–Kier alpha value is -0.0400. The summed E-state index contributed by atoms with van der Waals surface area (Å²) in [6.45, 7) is 4.97. The van der Waals surface area contributed by atoms with Crippen LogP contribution in [0.1, 0.15) is 90.4 Å². The maximum absolute atomic E-state index is 3.64. The van der Waals surface area contributed by atoms with Crippen LogP contribution in [0.4, 0.5) is 0 Å². The number of hydrogen-bond donors (Lipinski definition) is 1. The monoisotopic (exact) mass is 265 g/mol. The molecule has 1 unspecified atom stereocenters. The van der Waals surface area contributed by atoms with Crippen LogP contribution in [0.5, 0.6) is 0 Å². The van der Waals surface area contributed by atoms with Gasteiger partial charge in [-0.25, -0.2) is 0 Å². The first-order chi connectivity index (χ1) is 9.37. The van der Waals surface area contributed by atoms with Crippen molar-refractivity contribution in [1.29, 1.82) is 0 Å². The molecule has 0 aromatic carbocycles. The van der Waals surface area contributed by atoms with Gasteiger partial charge in [-0.05, 0) is 43.7 Å². The van der Waals surface area contributed by atoms with E-state index in [1.54, 1.807) is 0 Å². The average molecular weight is 265 g/mol. The van der Waals surface area contributed by atoms with Crippen LogP contribution in [0.2, 0.25) is 0 Å². The summed E-state index contributed by atoms with van der Waals surface area (Å²) in [7, 11) is 0. The van der Waals surface area contributed by atoms with Crippen LogP contribution >= 0.6 is 0 Å². The van der Waals surface area contributed by atoms with E-state index in [2.05, 4.69) is 12.2 Å². The third-order valence-electron chi connectivity index (χ3n) is 5.90. The third kappa shape index (κ3) is 4.48. The molecule has 1 saturated heterocycles. The van der Waals surface area contributed by atoms with E-state index in [0.29, 0.717) is 5.41 Å². The lowest BCUT2D eigenvalue weighted by Crippen LogP contribution is -2.45. The molecule has 2 aliphatic rings. The molecule has 1 spiro atoms. The lowest BCUT2D eigenvalue weighted by atomic mass is 9.64. The van der Waals surface area contributed by atoms with E-state index in [0.717, 1.165) is 5.92 Å². The first-order valence-corrected chi connectivity index (χ1v) is 9.08. The molecule has 0 radical (unpaired) electrons. The number of hydrogen-bond acceptors (Lipinski definition) is 1. The number of piperidine rings is 1. The highest BCUT2D eigenvalue weighted by Gasteiger charge is 2.38. The highest BCUT2D eigenvalue weighted by atomic mass is 14.9. The molecule has 1 nitrogen and oxygen atoms in total. The Bertz CT molecular complexity index is 224. The van der Waals surface area contributed by atoms with Crippen molar-refractivity contribution in [2.45, 2.75) is 90.4 Å². The lowest BCUT2D eigenvalue weighted by Gasteiger charge is -2.45. The van der Waals surface area contributed by atoms with Gasteiger partial charge in [-0.15, -0.1) is 0 Å². The molecule has 0 aromatic heterocycles. The predicted molar refractivity (Wildman–Crippen MR) is 84.5 cm³/mol. The van der Waals surface area contributed by atoms with Crippen molar-refractivity contribution in [1.82, 2.24) is 5.32 Å². The highest BCUT2D eigenvalue weighted by Crippen LogP contribution is 2.45. The highest BCUT2D eigenvalue weighted by molar-refractivity contribution is 4.91. The predicted octanol–water partition coefficient (Wildman–Crippen LogP) is 5.30. The summed E-state index contributed by atoms with van der Waals surface area (Å²) in [5.74, 6) is 0.948. The van der Waals surface area contributed by atoms with Crippen LogP contribution in [-0.4, -0.2) is 13.1 Å². The normalized spacial score (nSPS) is 30.5. The molecule has 0 aromatic rings. The van der Waals surface area contributed by atoms with Gasteiger partial charge in [0.15, 0.2) is 0 Å². The van der Waals surface area contributed by atoms with Gasteiger partial charge >= 0.3 is 0 Å². The second-order valence-electron chi connectivity index (χ2n) is 7.10. The Morgan fingerprint density at radius 2 is 1.32 bits per heavy atom. The molecular formula is C18H35N. The minimum Gasteiger partial charge on any atom is -0.316 e. The molecule has 19 heavy (non-hydrogen) atoms. The lowest BCUT2D eigenvalue weighted by molar-refractivity contribution is 0.0733. The summed E-state index contributed by atoms with van der Waals surface area (Å²) in [5, 5.41) is 3.64. The van der Waals surface area contributed by atoms with Gasteiger partial charge in [0, 0.05) is 0 Å².